The molecule has 0 aliphatic heterocycles. The molecule has 0 aliphatic carbocycles. The molecular weight excluding hydrogens is 298 g/mol. The number of carboxylic acid groups (broad SMARTS) is 1. The number of aromatic carboxylic acids is 1. The van der Waals surface area contributed by atoms with Crippen molar-refractivity contribution in [1.82, 2.24) is 14.8 Å². The summed E-state index contributed by atoms with van der Waals surface area (Å²) in [5, 5.41) is 13.0. The standard InChI is InChI=1S/C12H12BrN3O2/c1-7(2)11-14-10(12(17)18)15-16(11)9-5-3-4-8(13)6-9/h3-7H,1-2H3,(H,17,18). The lowest BCUT2D eigenvalue weighted by Crippen LogP contribution is -2.05. The van der Waals surface area contributed by atoms with Gasteiger partial charge in [0.05, 0.1) is 5.69 Å². The first-order valence-corrected chi connectivity index (χ1v) is 6.24. The Morgan fingerprint density at radius 3 is 2.72 bits per heavy atom. The molecule has 1 aromatic carbocycles. The topological polar surface area (TPSA) is 68.0 Å². The Balaban J connectivity index is 2.58. The minimum atomic E-state index is -1.12. The van der Waals surface area contributed by atoms with Crippen LogP contribution in [-0.4, -0.2) is 25.8 Å². The second-order valence-corrected chi connectivity index (χ2v) is 5.06. The molecule has 1 aromatic heterocycles. The molecular formula is C12H12BrN3O2. The van der Waals surface area contributed by atoms with Crippen LogP contribution in [0.5, 0.6) is 0 Å². The summed E-state index contributed by atoms with van der Waals surface area (Å²) in [7, 11) is 0. The van der Waals surface area contributed by atoms with Gasteiger partial charge < -0.3 is 5.11 Å². The lowest BCUT2D eigenvalue weighted by Gasteiger charge is -2.08. The van der Waals surface area contributed by atoms with Gasteiger partial charge in [-0.15, -0.1) is 5.10 Å². The number of halogens is 1. The van der Waals surface area contributed by atoms with Gasteiger partial charge >= 0.3 is 5.97 Å². The number of carboxylic acids is 1. The molecule has 1 N–H and O–H groups in total. The largest absolute Gasteiger partial charge is 0.475 e. The molecule has 5 nitrogen and oxygen atoms in total. The summed E-state index contributed by atoms with van der Waals surface area (Å²) in [6, 6.07) is 7.49. The highest BCUT2D eigenvalue weighted by atomic mass is 79.9. The van der Waals surface area contributed by atoms with Crippen molar-refractivity contribution in [1.29, 1.82) is 0 Å². The van der Waals surface area contributed by atoms with Gasteiger partial charge in [0.15, 0.2) is 0 Å². The highest BCUT2D eigenvalue weighted by Crippen LogP contribution is 2.20. The van der Waals surface area contributed by atoms with Gasteiger partial charge in [-0.1, -0.05) is 35.8 Å². The quantitative estimate of drug-likeness (QED) is 0.946. The molecule has 94 valence electrons. The Labute approximate surface area is 113 Å². The lowest BCUT2D eigenvalue weighted by atomic mass is 10.2. The zero-order valence-electron chi connectivity index (χ0n) is 9.96. The fraction of sp³-hybridized carbons (Fsp3) is 0.250. The summed E-state index contributed by atoms with van der Waals surface area (Å²) >= 11 is 3.38. The smallest absolute Gasteiger partial charge is 0.375 e. The SMILES string of the molecule is CC(C)c1nc(C(=O)O)nn1-c1cccc(Br)c1. The zero-order chi connectivity index (χ0) is 13.3. The van der Waals surface area contributed by atoms with Crippen molar-refractivity contribution in [2.75, 3.05) is 0 Å². The number of hydrogen-bond acceptors (Lipinski definition) is 3. The van der Waals surface area contributed by atoms with Crippen LogP contribution >= 0.6 is 15.9 Å². The molecule has 2 aromatic rings. The molecule has 0 saturated carbocycles. The van der Waals surface area contributed by atoms with Crippen LogP contribution in [0.3, 0.4) is 0 Å². The Hall–Kier alpha value is -1.69. The molecule has 6 heteroatoms. The summed E-state index contributed by atoms with van der Waals surface area (Å²) in [4.78, 5) is 15.0. The van der Waals surface area contributed by atoms with Gasteiger partial charge in [-0.25, -0.2) is 14.5 Å². The van der Waals surface area contributed by atoms with E-state index in [2.05, 4.69) is 26.0 Å². The number of aromatic nitrogens is 3. The summed E-state index contributed by atoms with van der Waals surface area (Å²) in [5.41, 5.74) is 0.785. The van der Waals surface area contributed by atoms with E-state index in [0.717, 1.165) is 10.2 Å². The lowest BCUT2D eigenvalue weighted by molar-refractivity contribution is 0.0683. The van der Waals surface area contributed by atoms with Crippen LogP contribution in [0.4, 0.5) is 0 Å². The first-order chi connectivity index (χ1) is 8.49. The normalized spacial score (nSPS) is 10.9. The van der Waals surface area contributed by atoms with E-state index in [1.807, 2.05) is 38.1 Å². The molecule has 0 unspecified atom stereocenters. The van der Waals surface area contributed by atoms with Gasteiger partial charge in [0.2, 0.25) is 0 Å². The maximum atomic E-state index is 10.9. The Morgan fingerprint density at radius 1 is 1.44 bits per heavy atom. The van der Waals surface area contributed by atoms with Crippen molar-refractivity contribution in [2.24, 2.45) is 0 Å². The molecule has 0 aliphatic rings. The number of carbonyl (C=O) groups is 1. The highest BCUT2D eigenvalue weighted by molar-refractivity contribution is 9.10. The van der Waals surface area contributed by atoms with Crippen molar-refractivity contribution in [3.8, 4) is 5.69 Å². The fourth-order valence-corrected chi connectivity index (χ4v) is 1.97. The third-order valence-corrected chi connectivity index (χ3v) is 2.89. The van der Waals surface area contributed by atoms with E-state index in [4.69, 9.17) is 5.11 Å². The summed E-state index contributed by atoms with van der Waals surface area (Å²) in [6.45, 7) is 3.90. The van der Waals surface area contributed by atoms with Gasteiger partial charge in [-0.3, -0.25) is 0 Å². The van der Waals surface area contributed by atoms with Crippen LogP contribution in [0, 0.1) is 0 Å². The molecule has 0 amide bonds. The van der Waals surface area contributed by atoms with E-state index in [0.29, 0.717) is 5.82 Å². The van der Waals surface area contributed by atoms with Gasteiger partial charge in [0, 0.05) is 10.4 Å². The fourth-order valence-electron chi connectivity index (χ4n) is 1.59. The zero-order valence-corrected chi connectivity index (χ0v) is 11.5. The molecule has 18 heavy (non-hydrogen) atoms. The van der Waals surface area contributed by atoms with E-state index in [1.165, 1.54) is 0 Å². The van der Waals surface area contributed by atoms with Gasteiger partial charge in [0.25, 0.3) is 5.82 Å². The molecule has 0 spiro atoms. The third kappa shape index (κ3) is 2.43. The second kappa shape index (κ2) is 4.89. The van der Waals surface area contributed by atoms with Gasteiger partial charge in [-0.05, 0) is 18.2 Å². The number of nitrogens with zero attached hydrogens (tertiary/aromatic N) is 3. The van der Waals surface area contributed by atoms with Gasteiger partial charge in [0.1, 0.15) is 5.82 Å². The Morgan fingerprint density at radius 2 is 2.17 bits per heavy atom. The molecule has 0 radical (unpaired) electrons. The minimum Gasteiger partial charge on any atom is -0.475 e. The summed E-state index contributed by atoms with van der Waals surface area (Å²) < 4.78 is 2.47. The minimum absolute atomic E-state index is 0.0876. The van der Waals surface area contributed by atoms with Crippen molar-refractivity contribution in [3.05, 3.63) is 40.4 Å². The number of hydrogen-bond donors (Lipinski definition) is 1. The summed E-state index contributed by atoms with van der Waals surface area (Å²) in [6.07, 6.45) is 0. The van der Waals surface area contributed by atoms with Crippen LogP contribution in [-0.2, 0) is 0 Å². The first kappa shape index (κ1) is 12.8. The molecule has 0 fully saturated rings. The van der Waals surface area contributed by atoms with Crippen LogP contribution < -0.4 is 0 Å². The Bertz CT molecular complexity index is 593. The highest BCUT2D eigenvalue weighted by Gasteiger charge is 2.18. The van der Waals surface area contributed by atoms with E-state index in [-0.39, 0.29) is 11.7 Å². The van der Waals surface area contributed by atoms with Crippen molar-refractivity contribution in [2.45, 2.75) is 19.8 Å². The van der Waals surface area contributed by atoms with Crippen LogP contribution in [0.1, 0.15) is 36.2 Å². The Kier molecular flexibility index (Phi) is 3.47. The van der Waals surface area contributed by atoms with Crippen LogP contribution in [0.2, 0.25) is 0 Å². The summed E-state index contributed by atoms with van der Waals surface area (Å²) in [5.74, 6) is -0.584. The van der Waals surface area contributed by atoms with Gasteiger partial charge in [-0.2, -0.15) is 0 Å². The average molecular weight is 310 g/mol. The van der Waals surface area contributed by atoms with Crippen molar-refractivity contribution in [3.63, 3.8) is 0 Å². The van der Waals surface area contributed by atoms with Crippen LogP contribution in [0.15, 0.2) is 28.7 Å². The molecule has 0 saturated heterocycles. The van der Waals surface area contributed by atoms with E-state index >= 15 is 0 Å². The maximum Gasteiger partial charge on any atom is 0.375 e. The van der Waals surface area contributed by atoms with Crippen LogP contribution in [0.25, 0.3) is 5.69 Å². The molecule has 2 rings (SSSR count). The number of rotatable bonds is 3. The molecule has 0 atom stereocenters. The van der Waals surface area contributed by atoms with Crippen molar-refractivity contribution < 1.29 is 9.90 Å². The van der Waals surface area contributed by atoms with E-state index in [1.54, 1.807) is 4.68 Å². The predicted molar refractivity (Wildman–Crippen MR) is 70.1 cm³/mol. The average Bonchev–Trinajstić information content (AvgIpc) is 2.73. The van der Waals surface area contributed by atoms with E-state index in [9.17, 15) is 4.79 Å². The maximum absolute atomic E-state index is 10.9. The predicted octanol–water partition coefficient (Wildman–Crippen LogP) is 2.85. The van der Waals surface area contributed by atoms with Crippen molar-refractivity contribution >= 4 is 21.9 Å². The number of benzene rings is 1. The first-order valence-electron chi connectivity index (χ1n) is 5.45. The monoisotopic (exact) mass is 309 g/mol. The molecule has 0 bridgehead atoms. The molecule has 1 heterocycles. The van der Waals surface area contributed by atoms with E-state index < -0.39 is 5.97 Å². The second-order valence-electron chi connectivity index (χ2n) is 4.15. The third-order valence-electron chi connectivity index (χ3n) is 2.39.